The summed E-state index contributed by atoms with van der Waals surface area (Å²) in [5.74, 6) is 1.81. The molecule has 7 nitrogen and oxygen atoms in total. The smallest absolute Gasteiger partial charge is 0.234 e. The van der Waals surface area contributed by atoms with Gasteiger partial charge in [-0.15, -0.1) is 11.3 Å². The maximum Gasteiger partial charge on any atom is 0.234 e. The molecule has 0 unspecified atom stereocenters. The third-order valence-corrected chi connectivity index (χ3v) is 6.21. The van der Waals surface area contributed by atoms with E-state index in [-0.39, 0.29) is 0 Å². The van der Waals surface area contributed by atoms with E-state index in [0.29, 0.717) is 17.5 Å². The second-order valence-electron chi connectivity index (χ2n) is 7.22. The molecule has 1 aliphatic heterocycles. The molecule has 0 N–H and O–H groups in total. The molecule has 0 aromatic carbocycles. The molecule has 0 spiro atoms. The number of pyridine rings is 1. The van der Waals surface area contributed by atoms with Crippen molar-refractivity contribution < 1.29 is 4.42 Å². The SMILES string of the molecule is N#Cc1nc(C2CC2)oc1N1CCN(Cc2cnc(-c3ccncc3)s2)CC1. The van der Waals surface area contributed by atoms with Crippen molar-refractivity contribution >= 4 is 17.2 Å². The third-order valence-electron chi connectivity index (χ3n) is 5.18. The highest BCUT2D eigenvalue weighted by Gasteiger charge is 2.32. The predicted octanol–water partition coefficient (Wildman–Crippen LogP) is 3.26. The number of aromatic nitrogens is 3. The van der Waals surface area contributed by atoms with Gasteiger partial charge >= 0.3 is 0 Å². The second-order valence-corrected chi connectivity index (χ2v) is 8.34. The zero-order valence-corrected chi connectivity index (χ0v) is 16.2. The Kier molecular flexibility index (Phi) is 4.55. The van der Waals surface area contributed by atoms with Crippen molar-refractivity contribution in [1.82, 2.24) is 19.9 Å². The van der Waals surface area contributed by atoms with Gasteiger partial charge in [0.2, 0.25) is 17.5 Å². The summed E-state index contributed by atoms with van der Waals surface area (Å²) in [4.78, 5) is 18.8. The first-order valence-corrected chi connectivity index (χ1v) is 10.3. The van der Waals surface area contributed by atoms with Crippen molar-refractivity contribution in [2.24, 2.45) is 0 Å². The summed E-state index contributed by atoms with van der Waals surface area (Å²) in [7, 11) is 0. The average molecular weight is 392 g/mol. The summed E-state index contributed by atoms with van der Waals surface area (Å²) in [6.07, 6.45) is 7.80. The van der Waals surface area contributed by atoms with E-state index >= 15 is 0 Å². The Bertz CT molecular complexity index is 995. The lowest BCUT2D eigenvalue weighted by Crippen LogP contribution is -2.46. The second kappa shape index (κ2) is 7.34. The number of rotatable bonds is 5. The molecule has 2 fully saturated rings. The first-order valence-electron chi connectivity index (χ1n) is 9.53. The standard InChI is InChI=1S/C20H20N6OS/c21-11-17-20(27-18(24-17)14-1-2-14)26-9-7-25(8-10-26)13-16-12-23-19(28-16)15-3-5-22-6-4-15/h3-6,12,14H,1-2,7-10,13H2. The lowest BCUT2D eigenvalue weighted by molar-refractivity contribution is 0.247. The highest BCUT2D eigenvalue weighted by molar-refractivity contribution is 7.15. The number of hydrogen-bond acceptors (Lipinski definition) is 8. The number of thiazole rings is 1. The molecule has 8 heteroatoms. The Balaban J connectivity index is 1.21. The average Bonchev–Trinajstić information content (AvgIpc) is 3.33. The van der Waals surface area contributed by atoms with Crippen LogP contribution in [0.3, 0.4) is 0 Å². The Labute approximate surface area is 167 Å². The van der Waals surface area contributed by atoms with Crippen LogP contribution in [0.2, 0.25) is 0 Å². The fourth-order valence-corrected chi connectivity index (χ4v) is 4.42. The van der Waals surface area contributed by atoms with E-state index in [1.54, 1.807) is 23.7 Å². The van der Waals surface area contributed by atoms with Crippen LogP contribution in [-0.2, 0) is 6.54 Å². The molecule has 3 aromatic heterocycles. The van der Waals surface area contributed by atoms with Crippen molar-refractivity contribution in [3.8, 4) is 16.6 Å². The first kappa shape index (κ1) is 17.3. The molecule has 0 bridgehead atoms. The Hall–Kier alpha value is -2.76. The largest absolute Gasteiger partial charge is 0.423 e. The summed E-state index contributed by atoms with van der Waals surface area (Å²) in [5, 5.41) is 10.4. The molecule has 1 saturated carbocycles. The van der Waals surface area contributed by atoms with Crippen molar-refractivity contribution in [3.63, 3.8) is 0 Å². The van der Waals surface area contributed by atoms with E-state index in [9.17, 15) is 5.26 Å². The lowest BCUT2D eigenvalue weighted by atomic mass is 10.3. The topological polar surface area (TPSA) is 82.1 Å². The number of anilines is 1. The Morgan fingerprint density at radius 2 is 1.96 bits per heavy atom. The summed E-state index contributed by atoms with van der Waals surface area (Å²) in [5.41, 5.74) is 1.54. The number of oxazole rings is 1. The van der Waals surface area contributed by atoms with E-state index in [1.165, 1.54) is 4.88 Å². The van der Waals surface area contributed by atoms with Gasteiger partial charge in [0.15, 0.2) is 0 Å². The Morgan fingerprint density at radius 3 is 2.68 bits per heavy atom. The van der Waals surface area contributed by atoms with Crippen molar-refractivity contribution in [2.75, 3.05) is 31.1 Å². The molecule has 1 aliphatic carbocycles. The molecular weight excluding hydrogens is 372 g/mol. The van der Waals surface area contributed by atoms with E-state index in [4.69, 9.17) is 4.42 Å². The molecular formula is C20H20N6OS. The maximum absolute atomic E-state index is 9.39. The highest BCUT2D eigenvalue weighted by atomic mass is 32.1. The summed E-state index contributed by atoms with van der Waals surface area (Å²) in [6.45, 7) is 4.42. The van der Waals surface area contributed by atoms with Crippen LogP contribution in [0.25, 0.3) is 10.6 Å². The third kappa shape index (κ3) is 3.51. The van der Waals surface area contributed by atoms with Crippen LogP contribution in [0.1, 0.15) is 35.2 Å². The van der Waals surface area contributed by atoms with Gasteiger partial charge in [-0.3, -0.25) is 9.88 Å². The molecule has 5 rings (SSSR count). The highest BCUT2D eigenvalue weighted by Crippen LogP contribution is 2.41. The van der Waals surface area contributed by atoms with Gasteiger partial charge in [0.25, 0.3) is 0 Å². The summed E-state index contributed by atoms with van der Waals surface area (Å²) < 4.78 is 5.94. The lowest BCUT2D eigenvalue weighted by Gasteiger charge is -2.34. The molecule has 0 radical (unpaired) electrons. The zero-order valence-electron chi connectivity index (χ0n) is 15.4. The van der Waals surface area contributed by atoms with Crippen LogP contribution >= 0.6 is 11.3 Å². The molecule has 142 valence electrons. The minimum Gasteiger partial charge on any atom is -0.423 e. The van der Waals surface area contributed by atoms with Gasteiger partial charge in [-0.05, 0) is 25.0 Å². The molecule has 0 amide bonds. The zero-order chi connectivity index (χ0) is 18.9. The summed E-state index contributed by atoms with van der Waals surface area (Å²) >= 11 is 1.73. The minimum atomic E-state index is 0.419. The maximum atomic E-state index is 9.39. The predicted molar refractivity (Wildman–Crippen MR) is 106 cm³/mol. The van der Waals surface area contributed by atoms with Gasteiger partial charge in [-0.25, -0.2) is 9.97 Å². The van der Waals surface area contributed by atoms with Gasteiger partial charge in [0.1, 0.15) is 11.1 Å². The molecule has 3 aromatic rings. The van der Waals surface area contributed by atoms with E-state index in [0.717, 1.165) is 62.0 Å². The fraction of sp³-hybridized carbons (Fsp3) is 0.400. The fourth-order valence-electron chi connectivity index (χ4n) is 3.46. The molecule has 2 aliphatic rings. The number of nitriles is 1. The van der Waals surface area contributed by atoms with Crippen molar-refractivity contribution in [2.45, 2.75) is 25.3 Å². The first-order chi connectivity index (χ1) is 13.8. The molecule has 28 heavy (non-hydrogen) atoms. The number of piperazine rings is 1. The summed E-state index contributed by atoms with van der Waals surface area (Å²) in [6, 6.07) is 6.17. The van der Waals surface area contributed by atoms with Gasteiger partial charge in [0, 0.05) is 67.7 Å². The van der Waals surface area contributed by atoms with Crippen LogP contribution in [0.5, 0.6) is 0 Å². The van der Waals surface area contributed by atoms with Gasteiger partial charge in [0.05, 0.1) is 0 Å². The monoisotopic (exact) mass is 392 g/mol. The van der Waals surface area contributed by atoms with E-state index in [1.807, 2.05) is 18.3 Å². The molecule has 4 heterocycles. The normalized spacial score (nSPS) is 17.6. The van der Waals surface area contributed by atoms with Crippen LogP contribution in [0.15, 0.2) is 35.1 Å². The van der Waals surface area contributed by atoms with Gasteiger partial charge < -0.3 is 9.32 Å². The van der Waals surface area contributed by atoms with E-state index in [2.05, 4.69) is 30.8 Å². The molecule has 1 saturated heterocycles. The van der Waals surface area contributed by atoms with Crippen LogP contribution in [0.4, 0.5) is 5.88 Å². The minimum absolute atomic E-state index is 0.419. The number of hydrogen-bond donors (Lipinski definition) is 0. The molecule has 0 atom stereocenters. The van der Waals surface area contributed by atoms with Crippen molar-refractivity contribution in [1.29, 1.82) is 5.26 Å². The number of nitrogens with zero attached hydrogens (tertiary/aromatic N) is 6. The van der Waals surface area contributed by atoms with Crippen LogP contribution in [0, 0.1) is 11.3 Å². The quantitative estimate of drug-likeness (QED) is 0.659. The van der Waals surface area contributed by atoms with Crippen molar-refractivity contribution in [3.05, 3.63) is 47.2 Å². The van der Waals surface area contributed by atoms with Crippen LogP contribution in [-0.4, -0.2) is 46.0 Å². The Morgan fingerprint density at radius 1 is 1.18 bits per heavy atom. The van der Waals surface area contributed by atoms with Gasteiger partial charge in [-0.2, -0.15) is 5.26 Å². The van der Waals surface area contributed by atoms with Gasteiger partial charge in [-0.1, -0.05) is 0 Å². The van der Waals surface area contributed by atoms with Crippen LogP contribution < -0.4 is 4.90 Å². The van der Waals surface area contributed by atoms with E-state index < -0.39 is 0 Å².